The molecule has 2 amide bonds. The Bertz CT molecular complexity index is 878. The number of sulfone groups is 1. The maximum atomic E-state index is 12.7. The molecule has 4 unspecified atom stereocenters. The summed E-state index contributed by atoms with van der Waals surface area (Å²) in [7, 11) is -3.44. The highest BCUT2D eigenvalue weighted by Crippen LogP contribution is 2.10. The molecule has 4 atom stereocenters. The van der Waals surface area contributed by atoms with Crippen LogP contribution in [0.15, 0.2) is 30.3 Å². The summed E-state index contributed by atoms with van der Waals surface area (Å²) >= 11 is 0. The fourth-order valence-electron chi connectivity index (χ4n) is 3.22. The van der Waals surface area contributed by atoms with Crippen molar-refractivity contribution in [1.29, 1.82) is 0 Å². The molecule has 186 valence electrons. The fraction of sp³-hybridized carbons (Fsp3) is 0.591. The van der Waals surface area contributed by atoms with E-state index in [0.29, 0.717) is 13.0 Å². The van der Waals surface area contributed by atoms with E-state index < -0.39 is 51.5 Å². The first-order chi connectivity index (χ1) is 15.5. The van der Waals surface area contributed by atoms with Crippen molar-refractivity contribution < 1.29 is 27.9 Å². The number of carbonyl (C=O) groups excluding carboxylic acids is 3. The van der Waals surface area contributed by atoms with Crippen molar-refractivity contribution in [3.05, 3.63) is 35.9 Å². The van der Waals surface area contributed by atoms with Gasteiger partial charge in [0.05, 0.1) is 24.4 Å². The lowest BCUT2D eigenvalue weighted by atomic mass is 10.1. The van der Waals surface area contributed by atoms with Gasteiger partial charge in [-0.2, -0.15) is 0 Å². The van der Waals surface area contributed by atoms with E-state index in [9.17, 15) is 27.9 Å². The summed E-state index contributed by atoms with van der Waals surface area (Å²) in [4.78, 5) is 37.5. The second-order valence-corrected chi connectivity index (χ2v) is 10.1. The van der Waals surface area contributed by atoms with Crippen LogP contribution in [0.25, 0.3) is 0 Å². The lowest BCUT2D eigenvalue weighted by Gasteiger charge is -2.24. The number of aliphatic hydroxyl groups is 1. The third-order valence-corrected chi connectivity index (χ3v) is 5.82. The number of hydrogen-bond donors (Lipinski definition) is 5. The Morgan fingerprint density at radius 2 is 1.64 bits per heavy atom. The van der Waals surface area contributed by atoms with Gasteiger partial charge in [0.2, 0.25) is 11.8 Å². The van der Waals surface area contributed by atoms with Gasteiger partial charge < -0.3 is 21.1 Å². The molecule has 1 aromatic carbocycles. The van der Waals surface area contributed by atoms with Gasteiger partial charge in [-0.3, -0.25) is 19.7 Å². The number of Topliss-reactive ketones (excluding diaryl/α,β-unsaturated/α-hetero) is 1. The van der Waals surface area contributed by atoms with Crippen LogP contribution in [0.2, 0.25) is 0 Å². The van der Waals surface area contributed by atoms with Crippen LogP contribution >= 0.6 is 0 Å². The highest BCUT2D eigenvalue weighted by atomic mass is 32.2. The van der Waals surface area contributed by atoms with Crippen molar-refractivity contribution in [1.82, 2.24) is 21.3 Å². The molecule has 10 nitrogen and oxygen atoms in total. The van der Waals surface area contributed by atoms with Crippen molar-refractivity contribution in [3.63, 3.8) is 0 Å². The molecule has 0 bridgehead atoms. The molecule has 0 aliphatic carbocycles. The molecule has 33 heavy (non-hydrogen) atoms. The van der Waals surface area contributed by atoms with Gasteiger partial charge in [0.25, 0.3) is 0 Å². The molecule has 0 aromatic heterocycles. The lowest BCUT2D eigenvalue weighted by molar-refractivity contribution is -0.135. The van der Waals surface area contributed by atoms with Crippen molar-refractivity contribution in [2.24, 2.45) is 0 Å². The molecule has 1 aromatic rings. The Balaban J connectivity index is 2.68. The van der Waals surface area contributed by atoms with Crippen LogP contribution in [-0.4, -0.2) is 74.5 Å². The molecule has 1 rings (SSSR count). The third kappa shape index (κ3) is 10.9. The normalized spacial score (nSPS) is 15.2. The summed E-state index contributed by atoms with van der Waals surface area (Å²) in [6, 6.07) is 7.03. The summed E-state index contributed by atoms with van der Waals surface area (Å²) < 4.78 is 23.2. The van der Waals surface area contributed by atoms with E-state index in [4.69, 9.17) is 0 Å². The Morgan fingerprint density at radius 3 is 2.18 bits per heavy atom. The lowest BCUT2D eigenvalue weighted by Crippen LogP contribution is -2.56. The van der Waals surface area contributed by atoms with Gasteiger partial charge >= 0.3 is 0 Å². The molecule has 5 N–H and O–H groups in total. The second-order valence-electron chi connectivity index (χ2n) is 7.94. The molecule has 0 fully saturated rings. The van der Waals surface area contributed by atoms with Crippen LogP contribution in [0.3, 0.4) is 0 Å². The van der Waals surface area contributed by atoms with Crippen LogP contribution in [0.4, 0.5) is 0 Å². The molecule has 0 heterocycles. The van der Waals surface area contributed by atoms with E-state index in [0.717, 1.165) is 11.8 Å². The molecule has 0 aliphatic heterocycles. The van der Waals surface area contributed by atoms with E-state index in [-0.39, 0.29) is 19.0 Å². The first-order valence-corrected chi connectivity index (χ1v) is 13.1. The van der Waals surface area contributed by atoms with Gasteiger partial charge in [0, 0.05) is 6.26 Å². The fourth-order valence-corrected chi connectivity index (χ4v) is 4.10. The minimum Gasteiger partial charge on any atom is -0.371 e. The van der Waals surface area contributed by atoms with E-state index in [1.165, 1.54) is 0 Å². The third-order valence-electron chi connectivity index (χ3n) is 4.88. The van der Waals surface area contributed by atoms with Gasteiger partial charge in [0.15, 0.2) is 12.0 Å². The first-order valence-electron chi connectivity index (χ1n) is 11.0. The number of rotatable bonds is 15. The Hall–Kier alpha value is -2.34. The predicted molar refractivity (Wildman–Crippen MR) is 126 cm³/mol. The number of likely N-dealkylation sites (N-methyl/N-ethyl adjacent to an activating group) is 1. The number of nitrogens with one attached hydrogen (secondary N) is 4. The zero-order chi connectivity index (χ0) is 25.0. The van der Waals surface area contributed by atoms with Crippen molar-refractivity contribution in [2.45, 2.75) is 58.0 Å². The molecular formula is C22H36N4O6S. The summed E-state index contributed by atoms with van der Waals surface area (Å²) in [5, 5.41) is 20.8. The first kappa shape index (κ1) is 28.7. The number of carbonyl (C=O) groups is 3. The van der Waals surface area contributed by atoms with Gasteiger partial charge in [0.1, 0.15) is 15.9 Å². The minimum absolute atomic E-state index is 0.248. The van der Waals surface area contributed by atoms with Crippen molar-refractivity contribution in [3.8, 4) is 0 Å². The summed E-state index contributed by atoms with van der Waals surface area (Å²) in [5.74, 6) is -2.17. The van der Waals surface area contributed by atoms with E-state index in [1.54, 1.807) is 6.92 Å². The molecule has 0 spiro atoms. The van der Waals surface area contributed by atoms with Crippen molar-refractivity contribution >= 4 is 27.4 Å². The van der Waals surface area contributed by atoms with Gasteiger partial charge in [-0.1, -0.05) is 50.6 Å². The Kier molecular flexibility index (Phi) is 12.2. The average Bonchev–Trinajstić information content (AvgIpc) is 2.76. The maximum Gasteiger partial charge on any atom is 0.238 e. The zero-order valence-electron chi connectivity index (χ0n) is 19.6. The molecule has 0 aliphatic rings. The van der Waals surface area contributed by atoms with Gasteiger partial charge in [-0.15, -0.1) is 0 Å². The Morgan fingerprint density at radius 1 is 1.00 bits per heavy atom. The van der Waals surface area contributed by atoms with E-state index in [2.05, 4.69) is 21.3 Å². The standard InChI is InChI=1S/C22H36N4O6S/c1-5-10-17(26-21(29)18(23-6-2)14-33(4,31)32)20(28)22(30)24-13-19(27)25-15(3)16-11-8-7-9-12-16/h7-9,11-12,15,17-18,22-24,30H,5-6,10,13-14H2,1-4H3,(H,25,27)(H,26,29). The van der Waals surface area contributed by atoms with Crippen LogP contribution < -0.4 is 21.3 Å². The van der Waals surface area contributed by atoms with Gasteiger partial charge in [-0.25, -0.2) is 8.42 Å². The topological polar surface area (TPSA) is 154 Å². The molecule has 0 saturated heterocycles. The van der Waals surface area contributed by atoms with Crippen LogP contribution in [0.5, 0.6) is 0 Å². The number of hydrogen-bond acceptors (Lipinski definition) is 8. The summed E-state index contributed by atoms with van der Waals surface area (Å²) in [5.41, 5.74) is 0.914. The number of aliphatic hydroxyl groups excluding tert-OH is 1. The van der Waals surface area contributed by atoms with E-state index >= 15 is 0 Å². The average molecular weight is 485 g/mol. The molecular weight excluding hydrogens is 448 g/mol. The second kappa shape index (κ2) is 14.0. The van der Waals surface area contributed by atoms with Crippen LogP contribution in [-0.2, 0) is 24.2 Å². The smallest absolute Gasteiger partial charge is 0.238 e. The number of benzene rings is 1. The van der Waals surface area contributed by atoms with Crippen molar-refractivity contribution in [2.75, 3.05) is 25.1 Å². The Labute approximate surface area is 195 Å². The summed E-state index contributed by atoms with van der Waals surface area (Å²) in [6.07, 6.45) is 0.137. The summed E-state index contributed by atoms with van der Waals surface area (Å²) in [6.45, 7) is 5.42. The van der Waals surface area contributed by atoms with Gasteiger partial charge in [-0.05, 0) is 25.5 Å². The maximum absolute atomic E-state index is 12.7. The largest absolute Gasteiger partial charge is 0.371 e. The molecule has 0 radical (unpaired) electrons. The minimum atomic E-state index is -3.44. The number of ketones is 1. The van der Waals surface area contributed by atoms with Crippen LogP contribution in [0, 0.1) is 0 Å². The monoisotopic (exact) mass is 484 g/mol. The SMILES string of the molecule is CCCC(NC(=O)C(CS(C)(=O)=O)NCC)C(=O)C(O)NCC(=O)NC(C)c1ccccc1. The number of amides is 2. The predicted octanol–water partition coefficient (Wildman–Crippen LogP) is -0.351. The zero-order valence-corrected chi connectivity index (χ0v) is 20.4. The quantitative estimate of drug-likeness (QED) is 0.212. The van der Waals surface area contributed by atoms with Crippen LogP contribution in [0.1, 0.15) is 45.2 Å². The highest BCUT2D eigenvalue weighted by Gasteiger charge is 2.30. The highest BCUT2D eigenvalue weighted by molar-refractivity contribution is 7.90. The molecule has 0 saturated carbocycles. The van der Waals surface area contributed by atoms with E-state index in [1.807, 2.05) is 44.2 Å². The molecule has 11 heteroatoms.